The number of phosphoric acid groups is 2. The lowest BCUT2D eigenvalue weighted by molar-refractivity contribution is -0.765. The number of carbonyl (C=O) groups excluding carboxylic acids is 1. The monoisotopic (exact) mass is 664 g/mol. The molecule has 0 aliphatic carbocycles. The Hall–Kier alpha value is -3.01. The minimum atomic E-state index is -5.37. The van der Waals surface area contributed by atoms with E-state index in [1.165, 1.54) is 40.0 Å². The third-order valence-electron chi connectivity index (χ3n) is 6.75. The van der Waals surface area contributed by atoms with Crippen molar-refractivity contribution in [2.75, 3.05) is 18.9 Å². The van der Waals surface area contributed by atoms with Gasteiger partial charge in [-0.1, -0.05) is 0 Å². The summed E-state index contributed by atoms with van der Waals surface area (Å²) in [7, 11) is -10.7. The number of pyridine rings is 1. The summed E-state index contributed by atoms with van der Waals surface area (Å²) in [6.45, 7) is -1.80. The molecule has 21 nitrogen and oxygen atoms in total. The van der Waals surface area contributed by atoms with Crippen LogP contribution in [0.4, 0.5) is 5.82 Å². The van der Waals surface area contributed by atoms with Gasteiger partial charge in [-0.25, -0.2) is 24.1 Å². The fraction of sp³-hybridized carbons (Fsp3) is 0.476. The highest BCUT2D eigenvalue weighted by Gasteiger charge is 2.50. The lowest BCUT2D eigenvalue weighted by Gasteiger charge is -2.20. The number of amides is 1. The molecule has 10 atom stereocenters. The number of anilines is 1. The number of aliphatic hydroxyl groups excluding tert-OH is 4. The molecule has 2 saturated heterocycles. The second-order valence-corrected chi connectivity index (χ2v) is 12.7. The second kappa shape index (κ2) is 12.4. The van der Waals surface area contributed by atoms with Crippen molar-refractivity contribution in [3.63, 3.8) is 0 Å². The van der Waals surface area contributed by atoms with Gasteiger partial charge in [-0.05, 0) is 6.07 Å². The van der Waals surface area contributed by atoms with Crippen LogP contribution in [-0.4, -0.2) is 105 Å². The molecule has 240 valence electrons. The van der Waals surface area contributed by atoms with Crippen LogP contribution in [0.3, 0.4) is 0 Å². The van der Waals surface area contributed by atoms with Gasteiger partial charge >= 0.3 is 15.6 Å². The number of primary amides is 1. The largest absolute Gasteiger partial charge is 0.481 e. The molecule has 10 N–H and O–H groups in total. The first-order chi connectivity index (χ1) is 20.7. The van der Waals surface area contributed by atoms with Crippen molar-refractivity contribution in [1.82, 2.24) is 19.5 Å². The van der Waals surface area contributed by atoms with Gasteiger partial charge in [0.25, 0.3) is 12.1 Å². The van der Waals surface area contributed by atoms with Crippen molar-refractivity contribution in [1.29, 1.82) is 0 Å². The van der Waals surface area contributed by atoms with Crippen molar-refractivity contribution in [2.45, 2.75) is 49.1 Å². The molecule has 2 fully saturated rings. The van der Waals surface area contributed by atoms with E-state index in [0.717, 1.165) is 6.33 Å². The summed E-state index contributed by atoms with van der Waals surface area (Å²) in [5, 5.41) is 41.6. The number of nitrogens with zero attached hydrogens (tertiary/aromatic N) is 5. The van der Waals surface area contributed by atoms with Gasteiger partial charge in [-0.3, -0.25) is 18.4 Å². The molecule has 0 saturated carbocycles. The van der Waals surface area contributed by atoms with Crippen molar-refractivity contribution in [3.05, 3.63) is 42.7 Å². The van der Waals surface area contributed by atoms with E-state index in [1.54, 1.807) is 0 Å². The highest BCUT2D eigenvalue weighted by Crippen LogP contribution is 2.60. The lowest BCUT2D eigenvalue weighted by Crippen LogP contribution is -2.46. The Balaban J connectivity index is 1.16. The summed E-state index contributed by atoms with van der Waals surface area (Å²) in [6, 6.07) is 2.83. The maximum Gasteiger partial charge on any atom is 0.481 e. The summed E-state index contributed by atoms with van der Waals surface area (Å²) in [4.78, 5) is 43.3. The quantitative estimate of drug-likeness (QED) is 0.0747. The SMILES string of the molecule is NC(=O)c1ccc[n+]([C@@H]2O[C@H](COP(=O)(O)OP(=O)(O)OCC3OC(n4cnc5c(N)ncnc54)C(O)C3O)C(O)C2O)c1. The fourth-order valence-electron chi connectivity index (χ4n) is 4.58. The Labute approximate surface area is 246 Å². The number of aliphatic hydroxyl groups is 4. The Morgan fingerprint density at radius 1 is 0.977 bits per heavy atom. The molecule has 2 aliphatic heterocycles. The minimum absolute atomic E-state index is 0.0505. The van der Waals surface area contributed by atoms with Gasteiger partial charge in [0, 0.05) is 6.07 Å². The summed E-state index contributed by atoms with van der Waals surface area (Å²) >= 11 is 0. The highest BCUT2D eigenvalue weighted by molar-refractivity contribution is 7.61. The number of nitrogen functional groups attached to an aromatic ring is 1. The summed E-state index contributed by atoms with van der Waals surface area (Å²) < 4.78 is 52.0. The van der Waals surface area contributed by atoms with Gasteiger partial charge in [0.05, 0.1) is 19.5 Å². The van der Waals surface area contributed by atoms with Gasteiger partial charge in [0.15, 0.2) is 36.2 Å². The molecule has 1 amide bonds. The van der Waals surface area contributed by atoms with Gasteiger partial charge in [0.1, 0.15) is 47.9 Å². The van der Waals surface area contributed by atoms with Crippen molar-refractivity contribution in [2.24, 2.45) is 5.73 Å². The zero-order valence-corrected chi connectivity index (χ0v) is 24.0. The number of nitrogens with two attached hydrogens (primary N) is 2. The maximum absolute atomic E-state index is 12.4. The van der Waals surface area contributed by atoms with E-state index >= 15 is 0 Å². The third-order valence-corrected chi connectivity index (χ3v) is 9.35. The average molecular weight is 664 g/mol. The Kier molecular flexibility index (Phi) is 9.13. The van der Waals surface area contributed by atoms with Crippen LogP contribution < -0.4 is 16.0 Å². The molecule has 23 heteroatoms. The topological polar surface area (TPSA) is 318 Å². The number of hydrogen-bond donors (Lipinski definition) is 8. The Bertz CT molecular complexity index is 1630. The Morgan fingerprint density at radius 2 is 1.61 bits per heavy atom. The molecule has 8 unspecified atom stereocenters. The molecule has 3 aromatic heterocycles. The summed E-state index contributed by atoms with van der Waals surface area (Å²) in [5.74, 6) is -0.714. The van der Waals surface area contributed by atoms with Gasteiger partial charge in [-0.2, -0.15) is 8.88 Å². The average Bonchev–Trinajstić information content (AvgIpc) is 3.61. The van der Waals surface area contributed by atoms with E-state index in [2.05, 4.69) is 23.8 Å². The molecule has 0 bridgehead atoms. The van der Waals surface area contributed by atoms with Crippen LogP contribution in [0.5, 0.6) is 0 Å². The molecule has 0 radical (unpaired) electrons. The van der Waals surface area contributed by atoms with Crippen LogP contribution >= 0.6 is 15.6 Å². The van der Waals surface area contributed by atoms with Gasteiger partial charge < -0.3 is 51.2 Å². The molecule has 0 spiro atoms. The van der Waals surface area contributed by atoms with E-state index in [0.29, 0.717) is 0 Å². The van der Waals surface area contributed by atoms with Crippen LogP contribution in [0, 0.1) is 0 Å². The summed E-state index contributed by atoms with van der Waals surface area (Å²) in [5.41, 5.74) is 11.4. The Morgan fingerprint density at radius 3 is 2.27 bits per heavy atom. The van der Waals surface area contributed by atoms with Gasteiger partial charge in [-0.15, -0.1) is 0 Å². The first-order valence-electron chi connectivity index (χ1n) is 12.6. The number of ether oxygens (including phenoxy) is 2. The van der Waals surface area contributed by atoms with Crippen LogP contribution in [-0.2, 0) is 32.0 Å². The van der Waals surface area contributed by atoms with Crippen molar-refractivity contribution in [3.8, 4) is 0 Å². The van der Waals surface area contributed by atoms with E-state index in [-0.39, 0.29) is 22.5 Å². The predicted molar refractivity (Wildman–Crippen MR) is 139 cm³/mol. The van der Waals surface area contributed by atoms with E-state index in [4.69, 9.17) is 25.5 Å². The van der Waals surface area contributed by atoms with Crippen LogP contribution in [0.15, 0.2) is 37.2 Å². The number of fused-ring (bicyclic) bond motifs is 1. The van der Waals surface area contributed by atoms with Crippen LogP contribution in [0.1, 0.15) is 22.8 Å². The first-order valence-corrected chi connectivity index (χ1v) is 15.6. The number of carbonyl (C=O) groups is 1. The summed E-state index contributed by atoms with van der Waals surface area (Å²) in [6.07, 6.45) is -6.85. The number of phosphoric ester groups is 2. The maximum atomic E-state index is 12.4. The number of imidazole rings is 1. The number of rotatable bonds is 11. The molecule has 0 aromatic carbocycles. The molecule has 3 aromatic rings. The molecule has 44 heavy (non-hydrogen) atoms. The smallest absolute Gasteiger partial charge is 0.387 e. The molecule has 5 heterocycles. The van der Waals surface area contributed by atoms with E-state index in [9.17, 15) is 44.1 Å². The zero-order chi connectivity index (χ0) is 32.0. The predicted octanol–water partition coefficient (Wildman–Crippen LogP) is -3.02. The normalized spacial score (nSPS) is 31.6. The standard InChI is InChI=1S/C21H27N7O14P2/c22-17-12-19(25-7-24-17)28(8-26-12)21-16(32)14(30)11(41-21)6-39-44(36,37)42-43(34,35)38-5-10-13(29)15(31)20(40-10)27-3-1-2-9(4-27)18(23)33/h1-4,7-8,10-11,13-16,20-21,29-32H,5-6H2,(H5-,22,23,24,25,33,34,35,36,37)/p+1/t10-,11?,13?,14?,15?,16?,20-,21?/m1/s1. The second-order valence-electron chi connectivity index (χ2n) is 9.69. The van der Waals surface area contributed by atoms with Crippen LogP contribution in [0.25, 0.3) is 11.2 Å². The van der Waals surface area contributed by atoms with Crippen LogP contribution in [0.2, 0.25) is 0 Å². The van der Waals surface area contributed by atoms with Crippen molar-refractivity contribution >= 4 is 38.5 Å². The number of hydrogen-bond acceptors (Lipinski definition) is 16. The fourth-order valence-corrected chi connectivity index (χ4v) is 6.67. The van der Waals surface area contributed by atoms with Gasteiger partial charge in [0.2, 0.25) is 0 Å². The lowest BCUT2D eigenvalue weighted by atomic mass is 10.1. The van der Waals surface area contributed by atoms with E-state index < -0.39 is 83.8 Å². The molecule has 2 aliphatic rings. The van der Waals surface area contributed by atoms with E-state index in [1.807, 2.05) is 0 Å². The molecular weight excluding hydrogens is 636 g/mol. The third kappa shape index (κ3) is 6.65. The highest BCUT2D eigenvalue weighted by atomic mass is 31.3. The zero-order valence-electron chi connectivity index (χ0n) is 22.2. The number of aromatic nitrogens is 5. The first kappa shape index (κ1) is 32.4. The van der Waals surface area contributed by atoms with Crippen molar-refractivity contribution < 1.29 is 71.5 Å². The minimum Gasteiger partial charge on any atom is -0.387 e. The molecule has 5 rings (SSSR count). The molecular formula is C21H28N7O14P2+.